The number of rotatable bonds is 10. The first-order valence-corrected chi connectivity index (χ1v) is 12.4. The molecule has 2 heterocycles. The Balaban J connectivity index is 1.36. The molecule has 0 N–H and O–H groups in total. The predicted molar refractivity (Wildman–Crippen MR) is 130 cm³/mol. The summed E-state index contributed by atoms with van der Waals surface area (Å²) in [5.41, 5.74) is 2.29. The van der Waals surface area contributed by atoms with Crippen molar-refractivity contribution >= 4 is 35.0 Å². The van der Waals surface area contributed by atoms with Crippen LogP contribution >= 0.6 is 35.0 Å². The molecular formula is C24H26Cl2N2O3S. The van der Waals surface area contributed by atoms with E-state index in [0.29, 0.717) is 23.2 Å². The summed E-state index contributed by atoms with van der Waals surface area (Å²) in [4.78, 5) is 4.16. The number of hydrogen-bond donors (Lipinski definition) is 0. The average molecular weight is 493 g/mol. The first kappa shape index (κ1) is 23.5. The summed E-state index contributed by atoms with van der Waals surface area (Å²) in [6, 6.07) is 13.8. The molecule has 0 spiro atoms. The highest BCUT2D eigenvalue weighted by atomic mass is 35.5. The Morgan fingerprint density at radius 1 is 1.22 bits per heavy atom. The van der Waals surface area contributed by atoms with Crippen molar-refractivity contribution in [3.63, 3.8) is 0 Å². The van der Waals surface area contributed by atoms with Crippen LogP contribution in [0.3, 0.4) is 0 Å². The summed E-state index contributed by atoms with van der Waals surface area (Å²) in [5, 5.41) is 1.35. The Morgan fingerprint density at radius 3 is 2.78 bits per heavy atom. The molecule has 1 fully saturated rings. The summed E-state index contributed by atoms with van der Waals surface area (Å²) in [6.45, 7) is 1.17. The van der Waals surface area contributed by atoms with Crippen LogP contribution in [0.1, 0.15) is 17.5 Å². The Bertz CT molecular complexity index is 1000. The molecule has 5 nitrogen and oxygen atoms in total. The largest absolute Gasteiger partial charge is 0.497 e. The summed E-state index contributed by atoms with van der Waals surface area (Å²) in [6.07, 6.45) is 7.12. The summed E-state index contributed by atoms with van der Waals surface area (Å²) >= 11 is 14.1. The second-order valence-corrected chi connectivity index (χ2v) is 9.67. The second kappa shape index (κ2) is 10.9. The van der Waals surface area contributed by atoms with Gasteiger partial charge in [0, 0.05) is 40.4 Å². The second-order valence-electron chi connectivity index (χ2n) is 7.80. The van der Waals surface area contributed by atoms with Gasteiger partial charge in [0.1, 0.15) is 5.75 Å². The Hall–Kier alpha value is -1.70. The van der Waals surface area contributed by atoms with Crippen LogP contribution in [0.5, 0.6) is 5.75 Å². The molecule has 0 aliphatic carbocycles. The van der Waals surface area contributed by atoms with Gasteiger partial charge >= 0.3 is 0 Å². The number of benzene rings is 2. The number of aromatic nitrogens is 2. The number of imidazole rings is 1. The van der Waals surface area contributed by atoms with Crippen LogP contribution in [0.4, 0.5) is 0 Å². The minimum atomic E-state index is -0.677. The van der Waals surface area contributed by atoms with E-state index in [0.717, 1.165) is 35.7 Å². The SMILES string of the molecule is COc1ccc(CCC2(Cn3ccnc3)OCC(CSCc3ccc(Cl)cc3Cl)O2)cc1. The van der Waals surface area contributed by atoms with Gasteiger partial charge in [-0.15, -0.1) is 0 Å². The molecule has 0 amide bonds. The van der Waals surface area contributed by atoms with Crippen LogP contribution in [-0.4, -0.2) is 40.9 Å². The summed E-state index contributed by atoms with van der Waals surface area (Å²) in [5.74, 6) is 1.81. The molecule has 170 valence electrons. The van der Waals surface area contributed by atoms with Crippen LogP contribution in [0.25, 0.3) is 0 Å². The fourth-order valence-corrected chi connectivity index (χ4v) is 5.29. The van der Waals surface area contributed by atoms with Crippen LogP contribution in [0.15, 0.2) is 61.2 Å². The van der Waals surface area contributed by atoms with E-state index in [4.69, 9.17) is 37.4 Å². The lowest BCUT2D eigenvalue weighted by molar-refractivity contribution is -0.180. The van der Waals surface area contributed by atoms with E-state index in [1.807, 2.05) is 35.0 Å². The van der Waals surface area contributed by atoms with Gasteiger partial charge in [0.2, 0.25) is 0 Å². The minimum Gasteiger partial charge on any atom is -0.497 e. The van der Waals surface area contributed by atoms with Crippen molar-refractivity contribution in [3.8, 4) is 5.75 Å². The molecule has 2 aromatic carbocycles. The molecular weight excluding hydrogens is 467 g/mol. The van der Waals surface area contributed by atoms with Crippen molar-refractivity contribution in [1.29, 1.82) is 0 Å². The zero-order valence-corrected chi connectivity index (χ0v) is 20.2. The van der Waals surface area contributed by atoms with Gasteiger partial charge in [-0.3, -0.25) is 0 Å². The summed E-state index contributed by atoms with van der Waals surface area (Å²) < 4.78 is 20.1. The fourth-order valence-electron chi connectivity index (χ4n) is 3.72. The molecule has 1 aromatic heterocycles. The highest BCUT2D eigenvalue weighted by Crippen LogP contribution is 2.33. The van der Waals surface area contributed by atoms with E-state index < -0.39 is 5.79 Å². The van der Waals surface area contributed by atoms with Crippen molar-refractivity contribution < 1.29 is 14.2 Å². The van der Waals surface area contributed by atoms with Gasteiger partial charge < -0.3 is 18.8 Å². The lowest BCUT2D eigenvalue weighted by atomic mass is 10.0. The maximum atomic E-state index is 6.51. The summed E-state index contributed by atoms with van der Waals surface area (Å²) in [7, 11) is 1.67. The number of aryl methyl sites for hydroxylation is 1. The average Bonchev–Trinajstić information content (AvgIpc) is 3.45. The van der Waals surface area contributed by atoms with Gasteiger partial charge in [-0.1, -0.05) is 41.4 Å². The van der Waals surface area contributed by atoms with E-state index in [1.165, 1.54) is 5.56 Å². The number of ether oxygens (including phenoxy) is 3. The molecule has 1 aliphatic heterocycles. The van der Waals surface area contributed by atoms with Crippen molar-refractivity contribution in [2.24, 2.45) is 0 Å². The standard InChI is InChI=1S/C24H26Cl2N2O3S/c1-29-21-6-2-18(3-7-21)8-9-24(16-28-11-10-27-17-28)30-13-22(31-24)15-32-14-19-4-5-20(25)12-23(19)26/h2-7,10-12,17,22H,8-9,13-16H2,1H3. The molecule has 8 heteroatoms. The van der Waals surface area contributed by atoms with Gasteiger partial charge in [0.15, 0.2) is 5.79 Å². The smallest absolute Gasteiger partial charge is 0.187 e. The van der Waals surface area contributed by atoms with Gasteiger partial charge in [0.25, 0.3) is 0 Å². The molecule has 3 aromatic rings. The zero-order valence-electron chi connectivity index (χ0n) is 17.9. The fraction of sp³-hybridized carbons (Fsp3) is 0.375. The molecule has 0 bridgehead atoms. The number of nitrogens with zero attached hydrogens (tertiary/aromatic N) is 2. The number of halogens is 2. The lowest BCUT2D eigenvalue weighted by Gasteiger charge is -2.28. The first-order valence-electron chi connectivity index (χ1n) is 10.5. The maximum Gasteiger partial charge on any atom is 0.187 e. The minimum absolute atomic E-state index is 0.0189. The Morgan fingerprint density at radius 2 is 2.06 bits per heavy atom. The monoisotopic (exact) mass is 492 g/mol. The van der Waals surface area contributed by atoms with Crippen LogP contribution in [0, 0.1) is 0 Å². The number of hydrogen-bond acceptors (Lipinski definition) is 5. The van der Waals surface area contributed by atoms with Crippen molar-refractivity contribution in [2.75, 3.05) is 19.5 Å². The number of methoxy groups -OCH3 is 1. The zero-order chi connectivity index (χ0) is 22.4. The van der Waals surface area contributed by atoms with Crippen LogP contribution < -0.4 is 4.74 Å². The van der Waals surface area contributed by atoms with E-state index in [2.05, 4.69) is 17.1 Å². The lowest BCUT2D eigenvalue weighted by Crippen LogP contribution is -2.37. The van der Waals surface area contributed by atoms with Crippen LogP contribution in [-0.2, 0) is 28.2 Å². The Kier molecular flexibility index (Phi) is 8.02. The van der Waals surface area contributed by atoms with Crippen molar-refractivity contribution in [3.05, 3.63) is 82.4 Å². The molecule has 2 atom stereocenters. The van der Waals surface area contributed by atoms with Crippen LogP contribution in [0.2, 0.25) is 10.0 Å². The molecule has 1 saturated heterocycles. The van der Waals surface area contributed by atoms with Crippen molar-refractivity contribution in [1.82, 2.24) is 9.55 Å². The van der Waals surface area contributed by atoms with E-state index in [1.54, 1.807) is 37.5 Å². The molecule has 32 heavy (non-hydrogen) atoms. The highest BCUT2D eigenvalue weighted by Gasteiger charge is 2.41. The topological polar surface area (TPSA) is 45.5 Å². The molecule has 2 unspecified atom stereocenters. The van der Waals surface area contributed by atoms with Gasteiger partial charge in [0.05, 0.1) is 32.7 Å². The third kappa shape index (κ3) is 6.21. The highest BCUT2D eigenvalue weighted by molar-refractivity contribution is 7.98. The quantitative estimate of drug-likeness (QED) is 0.353. The molecule has 4 rings (SSSR count). The Labute approximate surface area is 203 Å². The number of thioether (sulfide) groups is 1. The van der Waals surface area contributed by atoms with Gasteiger partial charge in [-0.05, 0) is 41.8 Å². The molecule has 0 saturated carbocycles. The predicted octanol–water partition coefficient (Wildman–Crippen LogP) is 5.88. The third-order valence-electron chi connectivity index (χ3n) is 5.43. The first-order chi connectivity index (χ1) is 15.5. The molecule has 0 radical (unpaired) electrons. The van der Waals surface area contributed by atoms with Gasteiger partial charge in [-0.25, -0.2) is 4.98 Å². The normalized spacial score (nSPS) is 20.5. The maximum absolute atomic E-state index is 6.51. The van der Waals surface area contributed by atoms with Crippen molar-refractivity contribution in [2.45, 2.75) is 37.0 Å². The van der Waals surface area contributed by atoms with E-state index >= 15 is 0 Å². The van der Waals surface area contributed by atoms with E-state index in [9.17, 15) is 0 Å². The van der Waals surface area contributed by atoms with Gasteiger partial charge in [-0.2, -0.15) is 11.8 Å². The van der Waals surface area contributed by atoms with E-state index in [-0.39, 0.29) is 6.10 Å². The third-order valence-corrected chi connectivity index (χ3v) is 7.14. The molecule has 1 aliphatic rings.